The van der Waals surface area contributed by atoms with E-state index in [1.165, 1.54) is 0 Å². The second kappa shape index (κ2) is 8.19. The number of fused-ring (bicyclic) bond motifs is 3. The van der Waals surface area contributed by atoms with Crippen LogP contribution in [0.4, 0.5) is 4.79 Å². The second-order valence-corrected chi connectivity index (χ2v) is 7.84. The Labute approximate surface area is 185 Å². The van der Waals surface area contributed by atoms with E-state index in [1.807, 2.05) is 96.4 Å². The quantitative estimate of drug-likeness (QED) is 0.384. The summed E-state index contributed by atoms with van der Waals surface area (Å²) in [6, 6.07) is 27.4. The highest BCUT2D eigenvalue weighted by Crippen LogP contribution is 2.30. The predicted molar refractivity (Wildman–Crippen MR) is 126 cm³/mol. The van der Waals surface area contributed by atoms with E-state index in [1.54, 1.807) is 6.20 Å². The zero-order valence-corrected chi connectivity index (χ0v) is 17.7. The predicted octanol–water partition coefficient (Wildman–Crippen LogP) is 5.50. The van der Waals surface area contributed by atoms with Crippen LogP contribution in [0.3, 0.4) is 0 Å². The fraction of sp³-hybridized carbons (Fsp3) is 0.111. The third kappa shape index (κ3) is 3.48. The van der Waals surface area contributed by atoms with E-state index < -0.39 is 6.09 Å². The van der Waals surface area contributed by atoms with Crippen molar-refractivity contribution in [1.29, 1.82) is 0 Å². The molecule has 0 spiro atoms. The van der Waals surface area contributed by atoms with Crippen molar-refractivity contribution in [1.82, 2.24) is 9.13 Å². The van der Waals surface area contributed by atoms with Crippen molar-refractivity contribution in [2.24, 2.45) is 0 Å². The Morgan fingerprint density at radius 1 is 0.844 bits per heavy atom. The Bertz CT molecular complexity index is 1480. The number of carbonyl (C=O) groups is 1. The summed E-state index contributed by atoms with van der Waals surface area (Å²) in [6.45, 7) is 2.56. The normalized spacial score (nSPS) is 11.2. The third-order valence-electron chi connectivity index (χ3n) is 5.69. The highest BCUT2D eigenvalue weighted by atomic mass is 16.5. The number of para-hydroxylation sites is 1. The fourth-order valence-electron chi connectivity index (χ4n) is 4.21. The van der Waals surface area contributed by atoms with Crippen molar-refractivity contribution in [3.63, 3.8) is 0 Å². The summed E-state index contributed by atoms with van der Waals surface area (Å²) in [5.74, 6) is 0. The molecule has 5 nitrogen and oxygen atoms in total. The number of rotatable bonds is 4. The minimum Gasteiger partial charge on any atom is -0.444 e. The van der Waals surface area contributed by atoms with E-state index in [4.69, 9.17) is 4.74 Å². The van der Waals surface area contributed by atoms with Gasteiger partial charge in [-0.3, -0.25) is 4.79 Å². The molecule has 0 aliphatic carbocycles. The van der Waals surface area contributed by atoms with Crippen LogP contribution < -0.4 is 5.56 Å². The van der Waals surface area contributed by atoms with Gasteiger partial charge in [-0.2, -0.15) is 0 Å². The van der Waals surface area contributed by atoms with Crippen molar-refractivity contribution in [3.8, 4) is 0 Å². The lowest BCUT2D eigenvalue weighted by molar-refractivity contribution is 0.140. The van der Waals surface area contributed by atoms with Gasteiger partial charge in [0.1, 0.15) is 12.1 Å². The van der Waals surface area contributed by atoms with Gasteiger partial charge in [0.2, 0.25) is 0 Å². The SMILES string of the molecule is Cc1cn(C(=O)OCc2ccccc2)c(=O)c2c1c1ccccc1n2Cc1ccccc1. The lowest BCUT2D eigenvalue weighted by atomic mass is 10.1. The van der Waals surface area contributed by atoms with E-state index in [2.05, 4.69) is 0 Å². The molecule has 0 unspecified atom stereocenters. The van der Waals surface area contributed by atoms with Gasteiger partial charge in [0.25, 0.3) is 5.56 Å². The maximum Gasteiger partial charge on any atom is 0.421 e. The molecule has 0 N–H and O–H groups in total. The molecule has 0 aliphatic rings. The summed E-state index contributed by atoms with van der Waals surface area (Å²) >= 11 is 0. The zero-order chi connectivity index (χ0) is 22.1. The largest absolute Gasteiger partial charge is 0.444 e. The van der Waals surface area contributed by atoms with Crippen LogP contribution in [-0.4, -0.2) is 15.2 Å². The van der Waals surface area contributed by atoms with Gasteiger partial charge in [-0.1, -0.05) is 78.9 Å². The summed E-state index contributed by atoms with van der Waals surface area (Å²) in [5.41, 5.74) is 3.88. The number of nitrogens with zero attached hydrogens (tertiary/aromatic N) is 2. The molecule has 5 aromatic rings. The average Bonchev–Trinajstić information content (AvgIpc) is 3.16. The first-order valence-electron chi connectivity index (χ1n) is 10.5. The molecule has 0 aliphatic heterocycles. The summed E-state index contributed by atoms with van der Waals surface area (Å²) in [5, 5.41) is 1.87. The molecule has 0 amide bonds. The Morgan fingerprint density at radius 3 is 2.19 bits per heavy atom. The van der Waals surface area contributed by atoms with E-state index in [0.717, 1.165) is 37.5 Å². The van der Waals surface area contributed by atoms with E-state index >= 15 is 0 Å². The first-order valence-corrected chi connectivity index (χ1v) is 10.5. The van der Waals surface area contributed by atoms with Gasteiger partial charge in [0.05, 0.1) is 0 Å². The maximum atomic E-state index is 13.6. The molecule has 0 saturated carbocycles. The molecule has 5 heteroatoms. The van der Waals surface area contributed by atoms with E-state index in [-0.39, 0.29) is 12.2 Å². The van der Waals surface area contributed by atoms with Crippen LogP contribution in [0, 0.1) is 6.92 Å². The first-order chi connectivity index (χ1) is 15.6. The highest BCUT2D eigenvalue weighted by Gasteiger charge is 2.20. The van der Waals surface area contributed by atoms with Crippen molar-refractivity contribution in [3.05, 3.63) is 118 Å². The number of benzene rings is 3. The van der Waals surface area contributed by atoms with Crippen LogP contribution in [0.2, 0.25) is 0 Å². The van der Waals surface area contributed by atoms with Gasteiger partial charge < -0.3 is 9.30 Å². The molecule has 0 saturated heterocycles. The summed E-state index contributed by atoms with van der Waals surface area (Å²) < 4.78 is 8.53. The van der Waals surface area contributed by atoms with Gasteiger partial charge in [0, 0.05) is 29.0 Å². The van der Waals surface area contributed by atoms with Gasteiger partial charge in [0.15, 0.2) is 0 Å². The van der Waals surface area contributed by atoms with Crippen molar-refractivity contribution in [2.45, 2.75) is 20.1 Å². The minimum atomic E-state index is -0.680. The van der Waals surface area contributed by atoms with Gasteiger partial charge in [-0.15, -0.1) is 0 Å². The standard InChI is InChI=1S/C27H22N2O3/c1-19-16-29(27(31)32-18-21-12-6-3-7-13-21)26(30)25-24(19)22-14-8-9-15-23(22)28(25)17-20-10-4-2-5-11-20/h2-16H,17-18H2,1H3. The molecule has 0 radical (unpaired) electrons. The Balaban J connectivity index is 1.64. The Morgan fingerprint density at radius 2 is 1.47 bits per heavy atom. The van der Waals surface area contributed by atoms with Crippen molar-refractivity contribution >= 4 is 27.9 Å². The molecule has 2 aromatic heterocycles. The highest BCUT2D eigenvalue weighted by molar-refractivity contribution is 6.09. The number of hydrogen-bond donors (Lipinski definition) is 0. The molecule has 5 rings (SSSR count). The molecule has 0 atom stereocenters. The molecule has 32 heavy (non-hydrogen) atoms. The Kier molecular flexibility index (Phi) is 5.07. The zero-order valence-electron chi connectivity index (χ0n) is 17.7. The van der Waals surface area contributed by atoms with Crippen LogP contribution in [0.5, 0.6) is 0 Å². The van der Waals surface area contributed by atoms with E-state index in [9.17, 15) is 9.59 Å². The van der Waals surface area contributed by atoms with Crippen LogP contribution in [0.15, 0.2) is 95.9 Å². The van der Waals surface area contributed by atoms with Gasteiger partial charge in [-0.25, -0.2) is 9.36 Å². The van der Waals surface area contributed by atoms with Crippen LogP contribution >= 0.6 is 0 Å². The number of ether oxygens (including phenoxy) is 1. The molecule has 3 aromatic carbocycles. The van der Waals surface area contributed by atoms with E-state index in [0.29, 0.717) is 12.1 Å². The molecular weight excluding hydrogens is 400 g/mol. The summed E-state index contributed by atoms with van der Waals surface area (Å²) in [6.07, 6.45) is 0.900. The van der Waals surface area contributed by atoms with Crippen molar-refractivity contribution in [2.75, 3.05) is 0 Å². The van der Waals surface area contributed by atoms with Crippen LogP contribution in [0.1, 0.15) is 16.7 Å². The topological polar surface area (TPSA) is 53.2 Å². The molecule has 0 fully saturated rings. The summed E-state index contributed by atoms with van der Waals surface area (Å²) in [4.78, 5) is 26.4. The molecule has 0 bridgehead atoms. The van der Waals surface area contributed by atoms with Gasteiger partial charge in [-0.05, 0) is 29.7 Å². The number of carbonyl (C=O) groups excluding carboxylic acids is 1. The van der Waals surface area contributed by atoms with Crippen LogP contribution in [-0.2, 0) is 17.9 Å². The Hall–Kier alpha value is -4.12. The molecule has 2 heterocycles. The van der Waals surface area contributed by atoms with Gasteiger partial charge >= 0.3 is 6.09 Å². The number of aromatic nitrogens is 2. The fourth-order valence-corrected chi connectivity index (χ4v) is 4.21. The number of hydrogen-bond acceptors (Lipinski definition) is 3. The number of pyridine rings is 1. The molecular formula is C27H22N2O3. The third-order valence-corrected chi connectivity index (χ3v) is 5.69. The lowest BCUT2D eigenvalue weighted by Gasteiger charge is -2.11. The summed E-state index contributed by atoms with van der Waals surface area (Å²) in [7, 11) is 0. The second-order valence-electron chi connectivity index (χ2n) is 7.84. The minimum absolute atomic E-state index is 0.107. The number of aryl methyl sites for hydroxylation is 1. The van der Waals surface area contributed by atoms with Crippen molar-refractivity contribution < 1.29 is 9.53 Å². The lowest BCUT2D eigenvalue weighted by Crippen LogP contribution is -2.29. The van der Waals surface area contributed by atoms with Crippen LogP contribution in [0.25, 0.3) is 21.8 Å². The molecule has 158 valence electrons. The monoisotopic (exact) mass is 422 g/mol. The maximum absolute atomic E-state index is 13.6. The average molecular weight is 422 g/mol. The smallest absolute Gasteiger partial charge is 0.421 e. The first kappa shape index (κ1) is 19.8.